The van der Waals surface area contributed by atoms with Crippen LogP contribution in [0.25, 0.3) is 0 Å². The molecule has 0 aromatic heterocycles. The van der Waals surface area contributed by atoms with Gasteiger partial charge in [-0.2, -0.15) is 0 Å². The Labute approximate surface area is 101 Å². The van der Waals surface area contributed by atoms with Crippen LogP contribution in [0.15, 0.2) is 0 Å². The lowest BCUT2D eigenvalue weighted by atomic mass is 9.97. The van der Waals surface area contributed by atoms with E-state index in [4.69, 9.17) is 0 Å². The van der Waals surface area contributed by atoms with Crippen LogP contribution in [0.3, 0.4) is 0 Å². The largest absolute Gasteiger partial charge is 0.396 e. The molecule has 2 rings (SSSR count). The van der Waals surface area contributed by atoms with Gasteiger partial charge in [0.15, 0.2) is 0 Å². The Morgan fingerprint density at radius 2 is 2.06 bits per heavy atom. The molecule has 0 aromatic carbocycles. The molecule has 92 valence electrons. The molecule has 16 heavy (non-hydrogen) atoms. The Morgan fingerprint density at radius 3 is 2.75 bits per heavy atom. The summed E-state index contributed by atoms with van der Waals surface area (Å²) < 4.78 is 0. The fraction of sp³-hybridized carbons (Fsp3) is 0.917. The summed E-state index contributed by atoms with van der Waals surface area (Å²) in [6.45, 7) is 1.04. The first-order chi connectivity index (χ1) is 7.81. The van der Waals surface area contributed by atoms with Gasteiger partial charge in [-0.05, 0) is 43.3 Å². The molecule has 2 N–H and O–H groups in total. The summed E-state index contributed by atoms with van der Waals surface area (Å²) in [5.74, 6) is 2.25. The molecule has 0 radical (unpaired) electrons. The van der Waals surface area contributed by atoms with Gasteiger partial charge in [0.05, 0.1) is 5.25 Å². The van der Waals surface area contributed by atoms with Crippen molar-refractivity contribution in [3.8, 4) is 0 Å². The molecule has 0 spiro atoms. The molecule has 0 bridgehead atoms. The highest BCUT2D eigenvalue weighted by molar-refractivity contribution is 8.00. The molecule has 0 aromatic rings. The number of carbonyl (C=O) groups excluding carboxylic acids is 1. The van der Waals surface area contributed by atoms with E-state index in [-0.39, 0.29) is 17.8 Å². The molecule has 1 saturated carbocycles. The first-order valence-corrected chi connectivity index (χ1v) is 7.36. The zero-order valence-electron chi connectivity index (χ0n) is 9.65. The van der Waals surface area contributed by atoms with Crippen molar-refractivity contribution in [2.75, 3.05) is 18.9 Å². The number of nitrogens with one attached hydrogen (secondary N) is 1. The molecule has 3 unspecified atom stereocenters. The van der Waals surface area contributed by atoms with Gasteiger partial charge < -0.3 is 10.4 Å². The van der Waals surface area contributed by atoms with Crippen molar-refractivity contribution in [1.29, 1.82) is 0 Å². The van der Waals surface area contributed by atoms with E-state index in [1.165, 1.54) is 12.8 Å². The van der Waals surface area contributed by atoms with Crippen LogP contribution < -0.4 is 5.32 Å². The third-order valence-corrected chi connectivity index (χ3v) is 5.19. The van der Waals surface area contributed by atoms with Gasteiger partial charge in [0.1, 0.15) is 0 Å². The van der Waals surface area contributed by atoms with Crippen LogP contribution in [-0.2, 0) is 4.79 Å². The Bertz CT molecular complexity index is 241. The highest BCUT2D eigenvalue weighted by atomic mass is 32.2. The average Bonchev–Trinajstić information content (AvgIpc) is 2.96. The lowest BCUT2D eigenvalue weighted by molar-refractivity contribution is -0.120. The molecular weight excluding hydrogens is 222 g/mol. The summed E-state index contributed by atoms with van der Waals surface area (Å²) in [7, 11) is 0. The lowest BCUT2D eigenvalue weighted by Gasteiger charge is -2.19. The molecule has 3 nitrogen and oxygen atoms in total. The predicted molar refractivity (Wildman–Crippen MR) is 66.4 cm³/mol. The van der Waals surface area contributed by atoms with Gasteiger partial charge in [0, 0.05) is 13.2 Å². The van der Waals surface area contributed by atoms with Gasteiger partial charge in [-0.15, -0.1) is 11.8 Å². The van der Waals surface area contributed by atoms with E-state index < -0.39 is 0 Å². The number of hydrogen-bond acceptors (Lipinski definition) is 3. The Balaban J connectivity index is 1.71. The number of rotatable bonds is 4. The van der Waals surface area contributed by atoms with Crippen molar-refractivity contribution >= 4 is 17.7 Å². The topological polar surface area (TPSA) is 49.3 Å². The monoisotopic (exact) mass is 243 g/mol. The van der Waals surface area contributed by atoms with Crippen LogP contribution in [0.2, 0.25) is 0 Å². The van der Waals surface area contributed by atoms with Crippen molar-refractivity contribution in [1.82, 2.24) is 5.32 Å². The maximum absolute atomic E-state index is 11.8. The van der Waals surface area contributed by atoms with Gasteiger partial charge in [0.25, 0.3) is 0 Å². The zero-order valence-corrected chi connectivity index (χ0v) is 10.5. The molecular formula is C12H21NO2S. The third kappa shape index (κ3) is 2.92. The van der Waals surface area contributed by atoms with Gasteiger partial charge in [-0.3, -0.25) is 4.79 Å². The molecule has 2 aliphatic rings. The molecule has 3 atom stereocenters. The van der Waals surface area contributed by atoms with E-state index >= 15 is 0 Å². The SMILES string of the molecule is O=C(NCC1CCCC1CO)C1CCCS1. The first kappa shape index (κ1) is 12.2. The maximum Gasteiger partial charge on any atom is 0.233 e. The number of hydrogen-bond donors (Lipinski definition) is 2. The van der Waals surface area contributed by atoms with Crippen molar-refractivity contribution < 1.29 is 9.90 Å². The lowest BCUT2D eigenvalue weighted by Crippen LogP contribution is -2.36. The van der Waals surface area contributed by atoms with Crippen LogP contribution in [0.1, 0.15) is 32.1 Å². The van der Waals surface area contributed by atoms with Crippen molar-refractivity contribution in [3.05, 3.63) is 0 Å². The predicted octanol–water partition coefficient (Wildman–Crippen LogP) is 1.41. The highest BCUT2D eigenvalue weighted by Crippen LogP contribution is 2.31. The van der Waals surface area contributed by atoms with Gasteiger partial charge in [0.2, 0.25) is 5.91 Å². The van der Waals surface area contributed by atoms with Crippen molar-refractivity contribution in [2.24, 2.45) is 11.8 Å². The minimum Gasteiger partial charge on any atom is -0.396 e. The summed E-state index contributed by atoms with van der Waals surface area (Å²) in [5.41, 5.74) is 0. The van der Waals surface area contributed by atoms with Crippen LogP contribution in [0.4, 0.5) is 0 Å². The van der Waals surface area contributed by atoms with Crippen LogP contribution in [0, 0.1) is 11.8 Å². The smallest absolute Gasteiger partial charge is 0.233 e. The second-order valence-electron chi connectivity index (χ2n) is 4.88. The Kier molecular flexibility index (Phi) is 4.53. The van der Waals surface area contributed by atoms with Gasteiger partial charge in [-0.25, -0.2) is 0 Å². The number of aliphatic hydroxyl groups excluding tert-OH is 1. The number of aliphatic hydroxyl groups is 1. The molecule has 1 saturated heterocycles. The Morgan fingerprint density at radius 1 is 1.25 bits per heavy atom. The normalized spacial score (nSPS) is 34.2. The standard InChI is InChI=1S/C12H21NO2S/c14-8-10-4-1-3-9(10)7-13-12(15)11-5-2-6-16-11/h9-11,14H,1-8H2,(H,13,15). The summed E-state index contributed by atoms with van der Waals surface area (Å²) >= 11 is 1.78. The van der Waals surface area contributed by atoms with E-state index in [0.717, 1.165) is 31.6 Å². The third-order valence-electron chi connectivity index (χ3n) is 3.81. The summed E-state index contributed by atoms with van der Waals surface area (Å²) in [4.78, 5) is 11.8. The fourth-order valence-electron chi connectivity index (χ4n) is 2.75. The van der Waals surface area contributed by atoms with E-state index in [1.54, 1.807) is 11.8 Å². The van der Waals surface area contributed by atoms with E-state index in [1.807, 2.05) is 0 Å². The molecule has 1 aliphatic carbocycles. The number of thioether (sulfide) groups is 1. The van der Waals surface area contributed by atoms with E-state index in [2.05, 4.69) is 5.32 Å². The van der Waals surface area contributed by atoms with Gasteiger partial charge >= 0.3 is 0 Å². The second-order valence-corrected chi connectivity index (χ2v) is 6.19. The summed E-state index contributed by atoms with van der Waals surface area (Å²) in [6, 6.07) is 0. The van der Waals surface area contributed by atoms with Crippen LogP contribution in [-0.4, -0.2) is 35.2 Å². The molecule has 4 heteroatoms. The zero-order chi connectivity index (χ0) is 11.4. The molecule has 1 amide bonds. The molecule has 1 aliphatic heterocycles. The first-order valence-electron chi connectivity index (χ1n) is 6.31. The highest BCUT2D eigenvalue weighted by Gasteiger charge is 2.28. The fourth-order valence-corrected chi connectivity index (χ4v) is 3.94. The van der Waals surface area contributed by atoms with Crippen LogP contribution >= 0.6 is 11.8 Å². The van der Waals surface area contributed by atoms with Gasteiger partial charge in [-0.1, -0.05) is 6.42 Å². The minimum atomic E-state index is 0.189. The summed E-state index contributed by atoms with van der Waals surface area (Å²) in [6.07, 6.45) is 5.68. The Hall–Kier alpha value is -0.220. The van der Waals surface area contributed by atoms with Crippen LogP contribution in [0.5, 0.6) is 0 Å². The molecule has 1 heterocycles. The van der Waals surface area contributed by atoms with Crippen molar-refractivity contribution in [2.45, 2.75) is 37.4 Å². The van der Waals surface area contributed by atoms with E-state index in [9.17, 15) is 9.90 Å². The maximum atomic E-state index is 11.8. The summed E-state index contributed by atoms with van der Waals surface area (Å²) in [5, 5.41) is 12.4. The van der Waals surface area contributed by atoms with Crippen molar-refractivity contribution in [3.63, 3.8) is 0 Å². The van der Waals surface area contributed by atoms with E-state index in [0.29, 0.717) is 11.8 Å². The number of carbonyl (C=O) groups is 1. The minimum absolute atomic E-state index is 0.189. The quantitative estimate of drug-likeness (QED) is 0.785. The average molecular weight is 243 g/mol. The number of amides is 1. The molecule has 2 fully saturated rings. The second kappa shape index (κ2) is 5.92.